The maximum Gasteiger partial charge on any atom is 0.0619 e. The van der Waals surface area contributed by atoms with E-state index in [1.165, 1.54) is 87.9 Å². The van der Waals surface area contributed by atoms with E-state index in [0.717, 1.165) is 22.7 Å². The van der Waals surface area contributed by atoms with Crippen LogP contribution in [0.25, 0.3) is 93.5 Å². The third-order valence-corrected chi connectivity index (χ3v) is 12.8. The molecule has 12 aromatic rings. The summed E-state index contributed by atoms with van der Waals surface area (Å²) >= 11 is 0. The highest BCUT2D eigenvalue weighted by Crippen LogP contribution is 2.51. The van der Waals surface area contributed by atoms with Gasteiger partial charge in [0, 0.05) is 38.6 Å². The van der Waals surface area contributed by atoms with E-state index in [-0.39, 0.29) is 0 Å². The lowest BCUT2D eigenvalue weighted by Crippen LogP contribution is -2.11. The molecule has 0 spiro atoms. The van der Waals surface area contributed by atoms with Crippen molar-refractivity contribution in [2.24, 2.45) is 0 Å². The molecule has 300 valence electrons. The van der Waals surface area contributed by atoms with Crippen LogP contribution in [0.5, 0.6) is 0 Å². The number of nitrogens with zero attached hydrogens (tertiary/aromatic N) is 2. The molecular formula is C62H42N2. The molecule has 0 aliphatic carbocycles. The molecule has 0 aliphatic rings. The van der Waals surface area contributed by atoms with Crippen molar-refractivity contribution in [1.29, 1.82) is 0 Å². The Labute approximate surface area is 373 Å². The fraction of sp³-hybridized carbons (Fsp3) is 0. The van der Waals surface area contributed by atoms with Gasteiger partial charge in [-0.2, -0.15) is 0 Å². The third-order valence-electron chi connectivity index (χ3n) is 12.8. The second-order valence-corrected chi connectivity index (χ2v) is 16.4. The van der Waals surface area contributed by atoms with Gasteiger partial charge in [0.05, 0.1) is 16.7 Å². The molecule has 0 aliphatic heterocycles. The number of rotatable bonds is 8. The summed E-state index contributed by atoms with van der Waals surface area (Å²) in [5, 5.41) is 7.16. The lowest BCUT2D eigenvalue weighted by atomic mass is 9.84. The van der Waals surface area contributed by atoms with E-state index < -0.39 is 0 Å². The molecule has 0 saturated heterocycles. The van der Waals surface area contributed by atoms with Gasteiger partial charge >= 0.3 is 0 Å². The lowest BCUT2D eigenvalue weighted by molar-refractivity contribution is 1.18. The smallest absolute Gasteiger partial charge is 0.0619 e. The van der Waals surface area contributed by atoms with Crippen molar-refractivity contribution in [2.75, 3.05) is 4.90 Å². The fourth-order valence-corrected chi connectivity index (χ4v) is 9.87. The lowest BCUT2D eigenvalue weighted by Gasteiger charge is -2.30. The number of aromatic nitrogens is 1. The quantitative estimate of drug-likeness (QED) is 0.139. The summed E-state index contributed by atoms with van der Waals surface area (Å²) in [5.41, 5.74) is 16.4. The van der Waals surface area contributed by atoms with Crippen LogP contribution in [0, 0.1) is 0 Å². The second-order valence-electron chi connectivity index (χ2n) is 16.4. The zero-order chi connectivity index (χ0) is 42.4. The number of anilines is 3. The maximum absolute atomic E-state index is 2.50. The van der Waals surface area contributed by atoms with E-state index >= 15 is 0 Å². The van der Waals surface area contributed by atoms with Crippen LogP contribution in [-0.4, -0.2) is 4.57 Å². The molecule has 0 N–H and O–H groups in total. The molecule has 64 heavy (non-hydrogen) atoms. The van der Waals surface area contributed by atoms with E-state index in [9.17, 15) is 0 Å². The van der Waals surface area contributed by atoms with Gasteiger partial charge in [0.15, 0.2) is 0 Å². The van der Waals surface area contributed by atoms with Crippen LogP contribution in [0.1, 0.15) is 0 Å². The van der Waals surface area contributed by atoms with Crippen molar-refractivity contribution in [2.45, 2.75) is 0 Å². The second kappa shape index (κ2) is 15.8. The van der Waals surface area contributed by atoms with Crippen LogP contribution in [0.4, 0.5) is 17.1 Å². The van der Waals surface area contributed by atoms with Crippen molar-refractivity contribution in [3.8, 4) is 50.2 Å². The summed E-state index contributed by atoms with van der Waals surface area (Å²) in [7, 11) is 0. The van der Waals surface area contributed by atoms with Gasteiger partial charge in [-0.3, -0.25) is 0 Å². The molecule has 0 unspecified atom stereocenters. The zero-order valence-electron chi connectivity index (χ0n) is 35.1. The molecule has 0 saturated carbocycles. The van der Waals surface area contributed by atoms with Crippen LogP contribution in [0.15, 0.2) is 255 Å². The molecule has 0 atom stereocenters. The average molecular weight is 815 g/mol. The molecule has 0 bridgehead atoms. The van der Waals surface area contributed by atoms with Gasteiger partial charge in [-0.15, -0.1) is 0 Å². The van der Waals surface area contributed by atoms with E-state index in [0.29, 0.717) is 0 Å². The number of fused-ring (bicyclic) bond motifs is 5. The number of hydrogen-bond acceptors (Lipinski definition) is 1. The molecule has 0 radical (unpaired) electrons. The minimum Gasteiger partial charge on any atom is -0.309 e. The van der Waals surface area contributed by atoms with Crippen molar-refractivity contribution in [1.82, 2.24) is 4.57 Å². The van der Waals surface area contributed by atoms with Gasteiger partial charge in [-0.05, 0) is 116 Å². The Morgan fingerprint density at radius 1 is 0.266 bits per heavy atom. The summed E-state index contributed by atoms with van der Waals surface area (Å²) < 4.78 is 2.39. The molecule has 0 fully saturated rings. The first-order valence-electron chi connectivity index (χ1n) is 22.0. The molecule has 1 aromatic heterocycles. The number of para-hydroxylation sites is 3. The molecule has 1 heterocycles. The van der Waals surface area contributed by atoms with E-state index in [1.54, 1.807) is 0 Å². The highest BCUT2D eigenvalue weighted by atomic mass is 15.1. The summed E-state index contributed by atoms with van der Waals surface area (Å²) in [5.74, 6) is 0. The van der Waals surface area contributed by atoms with E-state index in [4.69, 9.17) is 0 Å². The van der Waals surface area contributed by atoms with Crippen LogP contribution >= 0.6 is 0 Å². The fourth-order valence-electron chi connectivity index (χ4n) is 9.87. The van der Waals surface area contributed by atoms with Crippen molar-refractivity contribution >= 4 is 60.4 Å². The zero-order valence-corrected chi connectivity index (χ0v) is 35.1. The Hall–Kier alpha value is -8.46. The summed E-state index contributed by atoms with van der Waals surface area (Å²) in [6, 6.07) is 92.9. The Kier molecular flexibility index (Phi) is 9.20. The van der Waals surface area contributed by atoms with Crippen LogP contribution in [-0.2, 0) is 0 Å². The van der Waals surface area contributed by atoms with Crippen LogP contribution in [0.2, 0.25) is 0 Å². The first-order valence-corrected chi connectivity index (χ1v) is 22.0. The van der Waals surface area contributed by atoms with Gasteiger partial charge in [0.2, 0.25) is 0 Å². The predicted molar refractivity (Wildman–Crippen MR) is 272 cm³/mol. The minimum absolute atomic E-state index is 1.09. The average Bonchev–Trinajstić information content (AvgIpc) is 3.71. The minimum atomic E-state index is 1.09. The van der Waals surface area contributed by atoms with Gasteiger partial charge in [0.1, 0.15) is 0 Å². The normalized spacial score (nSPS) is 11.4. The Balaban J connectivity index is 1.22. The van der Waals surface area contributed by atoms with Gasteiger partial charge < -0.3 is 9.47 Å². The summed E-state index contributed by atoms with van der Waals surface area (Å²) in [4.78, 5) is 2.50. The van der Waals surface area contributed by atoms with Gasteiger partial charge in [-0.25, -0.2) is 0 Å². The molecule has 11 aromatic carbocycles. The predicted octanol–water partition coefficient (Wildman–Crippen LogP) is 17.2. The molecule has 12 rings (SSSR count). The van der Waals surface area contributed by atoms with Crippen molar-refractivity contribution in [3.63, 3.8) is 0 Å². The van der Waals surface area contributed by atoms with Crippen molar-refractivity contribution < 1.29 is 0 Å². The summed E-state index contributed by atoms with van der Waals surface area (Å²) in [6.07, 6.45) is 0. The summed E-state index contributed by atoms with van der Waals surface area (Å²) in [6.45, 7) is 0. The maximum atomic E-state index is 2.50. The third kappa shape index (κ3) is 6.35. The van der Waals surface area contributed by atoms with E-state index in [1.807, 2.05) is 0 Å². The van der Waals surface area contributed by atoms with Crippen LogP contribution in [0.3, 0.4) is 0 Å². The topological polar surface area (TPSA) is 8.17 Å². The molecule has 2 nitrogen and oxygen atoms in total. The monoisotopic (exact) mass is 814 g/mol. The number of benzene rings is 11. The molecule has 2 heteroatoms. The van der Waals surface area contributed by atoms with Gasteiger partial charge in [-0.1, -0.05) is 194 Å². The van der Waals surface area contributed by atoms with Crippen molar-refractivity contribution in [3.05, 3.63) is 255 Å². The number of hydrogen-bond donors (Lipinski definition) is 0. The van der Waals surface area contributed by atoms with E-state index in [2.05, 4.69) is 264 Å². The first-order chi connectivity index (χ1) is 31.8. The standard InChI is InChI=1S/C62H42N2/c1-6-20-43(21-7-1)46-35-38-55-57(40-46)61(53-32-17-16-30-51(53)45-24-10-3-11-25-45)54-37-34-47(44-22-8-2-9-23-44)41-58(54)62(55)63(48-26-12-4-13-27-48)50-36-39-60-56(42-50)52-31-18-19-33-59(52)64(60)49-28-14-5-15-29-49/h1-42H. The van der Waals surface area contributed by atoms with Crippen LogP contribution < -0.4 is 4.90 Å². The molecular weight excluding hydrogens is 773 g/mol. The Morgan fingerprint density at radius 3 is 1.45 bits per heavy atom. The van der Waals surface area contributed by atoms with Gasteiger partial charge in [0.25, 0.3) is 0 Å². The first kappa shape index (κ1) is 37.3. The highest BCUT2D eigenvalue weighted by Gasteiger charge is 2.25. The Bertz CT molecular complexity index is 3630. The highest BCUT2D eigenvalue weighted by molar-refractivity contribution is 6.24. The Morgan fingerprint density at radius 2 is 0.781 bits per heavy atom. The largest absolute Gasteiger partial charge is 0.309 e. The molecule has 0 amide bonds. The SMILES string of the molecule is c1ccc(-c2ccc3c(N(c4ccccc4)c4ccc5c(c4)c4ccccc4n5-c4ccccc4)c4cc(-c5ccccc5)ccc4c(-c4ccccc4-c4ccccc4)c3c2)cc1.